The van der Waals surface area contributed by atoms with Gasteiger partial charge in [0.1, 0.15) is 5.82 Å². The van der Waals surface area contributed by atoms with Crippen molar-refractivity contribution in [1.29, 1.82) is 0 Å². The van der Waals surface area contributed by atoms with Crippen molar-refractivity contribution >= 4 is 17.5 Å². The molecular weight excluding hydrogens is 331 g/mol. The van der Waals surface area contributed by atoms with Crippen LogP contribution < -0.4 is 5.32 Å². The Bertz CT molecular complexity index is 828. The Balaban J connectivity index is 1.36. The molecule has 2 atom stereocenters. The molecule has 5 heteroatoms. The minimum Gasteiger partial charge on any atom is -0.339 e. The summed E-state index contributed by atoms with van der Waals surface area (Å²) >= 11 is 0. The average Bonchev–Trinajstić information content (AvgIpc) is 3.27. The number of carbonyl (C=O) groups excluding carboxylic acids is 2. The summed E-state index contributed by atoms with van der Waals surface area (Å²) in [5, 5.41) is 2.90. The molecular formula is C21H21FN2O2. The monoisotopic (exact) mass is 352 g/mol. The van der Waals surface area contributed by atoms with Crippen molar-refractivity contribution in [1.82, 2.24) is 4.90 Å². The molecule has 2 amide bonds. The molecule has 0 spiro atoms. The fourth-order valence-corrected chi connectivity index (χ4v) is 3.62. The maximum Gasteiger partial charge on any atom is 0.253 e. The Morgan fingerprint density at radius 2 is 1.77 bits per heavy atom. The van der Waals surface area contributed by atoms with Crippen LogP contribution in [0.3, 0.4) is 0 Å². The number of carbonyl (C=O) groups is 2. The number of rotatable bonds is 4. The highest BCUT2D eigenvalue weighted by molar-refractivity contribution is 5.97. The zero-order valence-electron chi connectivity index (χ0n) is 14.5. The summed E-state index contributed by atoms with van der Waals surface area (Å²) in [5.74, 6) is -0.317. The van der Waals surface area contributed by atoms with Gasteiger partial charge in [-0.3, -0.25) is 9.59 Å². The summed E-state index contributed by atoms with van der Waals surface area (Å²) in [6, 6.07) is 13.5. The first kappa shape index (κ1) is 16.8. The lowest BCUT2D eigenvalue weighted by molar-refractivity contribution is -0.117. The minimum atomic E-state index is -0.271. The Kier molecular flexibility index (Phi) is 4.45. The van der Waals surface area contributed by atoms with Crippen LogP contribution in [0, 0.1) is 11.7 Å². The highest BCUT2D eigenvalue weighted by atomic mass is 19.1. The molecule has 0 radical (unpaired) electrons. The van der Waals surface area contributed by atoms with E-state index in [-0.39, 0.29) is 29.5 Å². The third kappa shape index (κ3) is 3.47. The van der Waals surface area contributed by atoms with Gasteiger partial charge in [0.15, 0.2) is 0 Å². The van der Waals surface area contributed by atoms with Crippen LogP contribution in [0.25, 0.3) is 0 Å². The predicted octanol–water partition coefficient (Wildman–Crippen LogP) is 3.80. The molecule has 0 aromatic heterocycles. The second-order valence-electron chi connectivity index (χ2n) is 7.07. The molecule has 1 heterocycles. The highest BCUT2D eigenvalue weighted by Gasteiger charge is 2.44. The van der Waals surface area contributed by atoms with Crippen LogP contribution in [0.15, 0.2) is 48.5 Å². The molecule has 2 fully saturated rings. The van der Waals surface area contributed by atoms with Crippen LogP contribution in [0.2, 0.25) is 0 Å². The Morgan fingerprint density at radius 1 is 1.04 bits per heavy atom. The van der Waals surface area contributed by atoms with E-state index in [0.29, 0.717) is 11.3 Å². The normalized spacial score (nSPS) is 21.5. The molecule has 26 heavy (non-hydrogen) atoms. The van der Waals surface area contributed by atoms with Crippen LogP contribution >= 0.6 is 0 Å². The molecule has 2 aromatic rings. The van der Waals surface area contributed by atoms with Gasteiger partial charge in [0, 0.05) is 30.3 Å². The molecule has 134 valence electrons. The minimum absolute atomic E-state index is 0.0498. The number of amides is 2. The second-order valence-corrected chi connectivity index (χ2v) is 7.07. The van der Waals surface area contributed by atoms with Gasteiger partial charge >= 0.3 is 0 Å². The average molecular weight is 352 g/mol. The lowest BCUT2D eigenvalue weighted by Crippen LogP contribution is -2.27. The van der Waals surface area contributed by atoms with Crippen molar-refractivity contribution in [3.8, 4) is 0 Å². The molecule has 4 rings (SSSR count). The first-order valence-corrected chi connectivity index (χ1v) is 9.07. The van der Waals surface area contributed by atoms with E-state index < -0.39 is 0 Å². The van der Waals surface area contributed by atoms with Crippen LogP contribution in [0.4, 0.5) is 10.1 Å². The van der Waals surface area contributed by atoms with E-state index in [1.165, 1.54) is 12.1 Å². The second kappa shape index (κ2) is 6.90. The predicted molar refractivity (Wildman–Crippen MR) is 97.5 cm³/mol. The molecule has 4 nitrogen and oxygen atoms in total. The third-order valence-electron chi connectivity index (χ3n) is 5.20. The quantitative estimate of drug-likeness (QED) is 0.910. The van der Waals surface area contributed by atoms with E-state index in [0.717, 1.165) is 37.9 Å². The fraction of sp³-hybridized carbons (Fsp3) is 0.333. The summed E-state index contributed by atoms with van der Waals surface area (Å²) in [5.41, 5.74) is 2.20. The molecule has 1 aliphatic heterocycles. The van der Waals surface area contributed by atoms with Crippen molar-refractivity contribution in [2.75, 3.05) is 18.4 Å². The van der Waals surface area contributed by atoms with Gasteiger partial charge in [0.25, 0.3) is 5.91 Å². The molecule has 2 aromatic carbocycles. The fourth-order valence-electron chi connectivity index (χ4n) is 3.62. The van der Waals surface area contributed by atoms with Crippen molar-refractivity contribution in [2.24, 2.45) is 5.92 Å². The van der Waals surface area contributed by atoms with Crippen LogP contribution in [-0.2, 0) is 4.79 Å². The van der Waals surface area contributed by atoms with Gasteiger partial charge < -0.3 is 10.2 Å². The molecule has 1 N–H and O–H groups in total. The van der Waals surface area contributed by atoms with Crippen molar-refractivity contribution in [3.63, 3.8) is 0 Å². The number of halogens is 1. The summed E-state index contributed by atoms with van der Waals surface area (Å²) < 4.78 is 13.3. The van der Waals surface area contributed by atoms with Gasteiger partial charge in [-0.15, -0.1) is 0 Å². The number of likely N-dealkylation sites (tertiary alicyclic amines) is 1. The van der Waals surface area contributed by atoms with Crippen molar-refractivity contribution < 1.29 is 14.0 Å². The number of nitrogens with one attached hydrogen (secondary N) is 1. The van der Waals surface area contributed by atoms with Gasteiger partial charge in [-0.25, -0.2) is 4.39 Å². The first-order valence-electron chi connectivity index (χ1n) is 9.07. The van der Waals surface area contributed by atoms with E-state index in [1.54, 1.807) is 30.3 Å². The summed E-state index contributed by atoms with van der Waals surface area (Å²) in [7, 11) is 0. The lowest BCUT2D eigenvalue weighted by atomic mass is 10.1. The molecule has 1 aliphatic carbocycles. The van der Waals surface area contributed by atoms with E-state index in [4.69, 9.17) is 0 Å². The van der Waals surface area contributed by atoms with Crippen molar-refractivity contribution in [3.05, 3.63) is 65.5 Å². The summed E-state index contributed by atoms with van der Waals surface area (Å²) in [6.45, 7) is 1.64. The number of hydrogen-bond donors (Lipinski definition) is 1. The van der Waals surface area contributed by atoms with Crippen LogP contribution in [-0.4, -0.2) is 29.8 Å². The number of anilines is 1. The lowest BCUT2D eigenvalue weighted by Gasteiger charge is -2.15. The van der Waals surface area contributed by atoms with E-state index in [9.17, 15) is 14.0 Å². The van der Waals surface area contributed by atoms with Crippen LogP contribution in [0.1, 0.15) is 41.1 Å². The largest absolute Gasteiger partial charge is 0.339 e. The number of nitrogens with zero attached hydrogens (tertiary/aromatic N) is 1. The van der Waals surface area contributed by atoms with E-state index in [2.05, 4.69) is 5.32 Å². The maximum absolute atomic E-state index is 13.3. The standard InChI is InChI=1S/C21H21FN2O2/c22-16-5-3-4-15(12-16)18-13-19(18)20(25)23-17-8-6-14(7-9-17)21(26)24-10-1-2-11-24/h3-9,12,18-19H,1-2,10-11,13H2,(H,23,25)/t18-,19+/m0/s1. The van der Waals surface area contributed by atoms with E-state index >= 15 is 0 Å². The van der Waals surface area contributed by atoms with Gasteiger partial charge in [-0.1, -0.05) is 12.1 Å². The van der Waals surface area contributed by atoms with Gasteiger partial charge in [-0.2, -0.15) is 0 Å². The SMILES string of the molecule is O=C(Nc1ccc(C(=O)N2CCCC2)cc1)[C@@H]1C[C@H]1c1cccc(F)c1. The van der Waals surface area contributed by atoms with Crippen LogP contribution in [0.5, 0.6) is 0 Å². The van der Waals surface area contributed by atoms with Crippen molar-refractivity contribution in [2.45, 2.75) is 25.2 Å². The topological polar surface area (TPSA) is 49.4 Å². The first-order chi connectivity index (χ1) is 12.6. The van der Waals surface area contributed by atoms with Gasteiger partial charge in [0.2, 0.25) is 5.91 Å². The smallest absolute Gasteiger partial charge is 0.253 e. The maximum atomic E-state index is 13.3. The Labute approximate surface area is 152 Å². The summed E-state index contributed by atoms with van der Waals surface area (Å²) in [4.78, 5) is 26.6. The molecule has 0 unspecified atom stereocenters. The van der Waals surface area contributed by atoms with E-state index in [1.807, 2.05) is 11.0 Å². The molecule has 0 bridgehead atoms. The zero-order chi connectivity index (χ0) is 18.1. The number of benzene rings is 2. The zero-order valence-corrected chi connectivity index (χ0v) is 14.5. The Hall–Kier alpha value is -2.69. The summed E-state index contributed by atoms with van der Waals surface area (Å²) in [6.07, 6.45) is 2.86. The Morgan fingerprint density at radius 3 is 2.46 bits per heavy atom. The molecule has 1 saturated heterocycles. The molecule has 1 saturated carbocycles. The third-order valence-corrected chi connectivity index (χ3v) is 5.20. The van der Waals surface area contributed by atoms with Gasteiger partial charge in [0.05, 0.1) is 0 Å². The molecule has 2 aliphatic rings. The highest BCUT2D eigenvalue weighted by Crippen LogP contribution is 2.48. The van der Waals surface area contributed by atoms with Gasteiger partial charge in [-0.05, 0) is 67.1 Å². The number of hydrogen-bond acceptors (Lipinski definition) is 2.